The average Bonchev–Trinajstić information content (AvgIpc) is 3.05. The lowest BCUT2D eigenvalue weighted by atomic mass is 10.0. The molecule has 0 saturated carbocycles. The lowest BCUT2D eigenvalue weighted by Gasteiger charge is -2.28. The molecule has 1 heterocycles. The van der Waals surface area contributed by atoms with Crippen LogP contribution < -0.4 is 10.7 Å². The fourth-order valence-corrected chi connectivity index (χ4v) is 3.83. The second-order valence-electron chi connectivity index (χ2n) is 9.46. The van der Waals surface area contributed by atoms with Gasteiger partial charge in [0.05, 0.1) is 25.1 Å². The summed E-state index contributed by atoms with van der Waals surface area (Å²) in [5.41, 5.74) is 6.37. The first-order chi connectivity index (χ1) is 21.0. The zero-order chi connectivity index (χ0) is 31.3. The number of allylic oxidation sites excluding steroid dienone is 1. The molecule has 0 radical (unpaired) electrons. The van der Waals surface area contributed by atoms with Crippen LogP contribution in [0.5, 0.6) is 5.75 Å². The van der Waals surface area contributed by atoms with Gasteiger partial charge in [-0.3, -0.25) is 4.99 Å². The maximum atomic E-state index is 13.7. The number of alkyl halides is 1. The van der Waals surface area contributed by atoms with Crippen molar-refractivity contribution in [3.63, 3.8) is 0 Å². The Bertz CT molecular complexity index is 1280. The Hall–Kier alpha value is -4.57. The molecule has 1 aliphatic rings. The van der Waals surface area contributed by atoms with Gasteiger partial charge in [0.2, 0.25) is 5.96 Å². The highest BCUT2D eigenvalue weighted by molar-refractivity contribution is 6.35. The number of aliphatic imine (C=N–C) groups is 3. The predicted molar refractivity (Wildman–Crippen MR) is 179 cm³/mol. The van der Waals surface area contributed by atoms with E-state index in [9.17, 15) is 9.50 Å². The van der Waals surface area contributed by atoms with Crippen molar-refractivity contribution in [2.45, 2.75) is 20.3 Å². The third kappa shape index (κ3) is 12.9. The molecule has 0 bridgehead atoms. The molecular weight excluding hydrogens is 545 g/mol. The van der Waals surface area contributed by atoms with E-state index in [-0.39, 0.29) is 17.5 Å². The fraction of sp³-hybridized carbons (Fsp3) is 0.333. The van der Waals surface area contributed by atoms with E-state index in [0.717, 1.165) is 23.2 Å². The van der Waals surface area contributed by atoms with Gasteiger partial charge in [0.25, 0.3) is 0 Å². The first-order valence-corrected chi connectivity index (χ1v) is 14.3. The molecule has 230 valence electrons. The monoisotopic (exact) mass is 589 g/mol. The average molecular weight is 590 g/mol. The summed E-state index contributed by atoms with van der Waals surface area (Å²) in [5, 5.41) is 17.5. The zero-order valence-electron chi connectivity index (χ0n) is 25.3. The van der Waals surface area contributed by atoms with Gasteiger partial charge in [-0.1, -0.05) is 57.2 Å². The molecule has 9 nitrogen and oxygen atoms in total. The fourth-order valence-electron chi connectivity index (χ4n) is 3.83. The van der Waals surface area contributed by atoms with Crippen LogP contribution in [-0.4, -0.2) is 79.8 Å². The van der Waals surface area contributed by atoms with E-state index in [1.807, 2.05) is 53.5 Å². The minimum absolute atomic E-state index is 0.133. The van der Waals surface area contributed by atoms with Crippen molar-refractivity contribution in [2.24, 2.45) is 26.0 Å². The Morgan fingerprint density at radius 3 is 2.53 bits per heavy atom. The van der Waals surface area contributed by atoms with Crippen molar-refractivity contribution in [2.75, 3.05) is 51.4 Å². The van der Waals surface area contributed by atoms with Crippen molar-refractivity contribution < 1.29 is 14.2 Å². The largest absolute Gasteiger partial charge is 0.508 e. The minimum atomic E-state index is -0.727. The van der Waals surface area contributed by atoms with Crippen LogP contribution in [0.15, 0.2) is 107 Å². The van der Waals surface area contributed by atoms with Gasteiger partial charge in [0, 0.05) is 38.1 Å². The van der Waals surface area contributed by atoms with Gasteiger partial charge in [0.15, 0.2) is 0 Å². The molecule has 0 spiro atoms. The quantitative estimate of drug-likeness (QED) is 0.120. The van der Waals surface area contributed by atoms with Crippen LogP contribution in [0.2, 0.25) is 0 Å². The number of rotatable bonds is 12. The van der Waals surface area contributed by atoms with Gasteiger partial charge >= 0.3 is 0 Å². The summed E-state index contributed by atoms with van der Waals surface area (Å²) >= 11 is 0. The number of hydrogen-bond acceptors (Lipinski definition) is 6. The lowest BCUT2D eigenvalue weighted by molar-refractivity contribution is 0.0668. The number of nitrogens with one attached hydrogen (secondary N) is 2. The van der Waals surface area contributed by atoms with Gasteiger partial charge in [0.1, 0.15) is 18.3 Å². The van der Waals surface area contributed by atoms with Crippen LogP contribution in [0.3, 0.4) is 0 Å². The first kappa shape index (κ1) is 34.6. The normalized spacial score (nSPS) is 15.2. The highest BCUT2D eigenvalue weighted by atomic mass is 19.1. The summed E-state index contributed by atoms with van der Waals surface area (Å²) in [6.45, 7) is 16.6. The minimum Gasteiger partial charge on any atom is -0.508 e. The van der Waals surface area contributed by atoms with Crippen LogP contribution in [0.4, 0.5) is 10.1 Å². The number of halogens is 1. The summed E-state index contributed by atoms with van der Waals surface area (Å²) in [6.07, 6.45) is 7.81. The van der Waals surface area contributed by atoms with Crippen LogP contribution in [0.1, 0.15) is 20.3 Å². The standard InChI is InChI=1S/C31H40FN7O2.C2H4/c1-4-24(3)22-35-28(23-36-38-31(33-5-2)37-30(21-32)39-15-17-41-18-16-39)12-8-14-34-27-11-6-9-25(19-27)26-10-7-13-29(40)20-26;1-2/h5-13,19-20,23-24,34,40H,2,4,14-18,21-22H2,1,3H3,(H,33,38);1-2H2/b12-8-,35-28?,36-23+,37-30+;. The molecule has 1 saturated heterocycles. The number of hydrogen-bond donors (Lipinski definition) is 3. The maximum Gasteiger partial charge on any atom is 0.245 e. The van der Waals surface area contributed by atoms with Gasteiger partial charge in [-0.05, 0) is 47.4 Å². The molecule has 3 rings (SSSR count). The van der Waals surface area contributed by atoms with Crippen LogP contribution in [0, 0.1) is 5.92 Å². The highest BCUT2D eigenvalue weighted by Crippen LogP contribution is 2.25. The van der Waals surface area contributed by atoms with E-state index in [1.54, 1.807) is 18.3 Å². The number of phenols is 1. The molecule has 1 fully saturated rings. The Morgan fingerprint density at radius 2 is 1.86 bits per heavy atom. The van der Waals surface area contributed by atoms with Crippen molar-refractivity contribution >= 4 is 29.4 Å². The predicted octanol–water partition coefficient (Wildman–Crippen LogP) is 6.09. The van der Waals surface area contributed by atoms with E-state index >= 15 is 0 Å². The number of hydrazone groups is 1. The number of nitrogens with zero attached hydrogens (tertiary/aromatic N) is 5. The number of aromatic hydroxyl groups is 1. The summed E-state index contributed by atoms with van der Waals surface area (Å²) < 4.78 is 19.1. The molecule has 43 heavy (non-hydrogen) atoms. The van der Waals surface area contributed by atoms with Crippen LogP contribution in [0.25, 0.3) is 11.1 Å². The van der Waals surface area contributed by atoms with Crippen molar-refractivity contribution in [1.29, 1.82) is 0 Å². The molecule has 1 unspecified atom stereocenters. The zero-order valence-corrected chi connectivity index (χ0v) is 25.3. The smallest absolute Gasteiger partial charge is 0.245 e. The topological polar surface area (TPSA) is 106 Å². The Balaban J connectivity index is 0.00000316. The Morgan fingerprint density at radius 1 is 1.14 bits per heavy atom. The van der Waals surface area contributed by atoms with E-state index < -0.39 is 6.67 Å². The summed E-state index contributed by atoms with van der Waals surface area (Å²) in [6, 6.07) is 15.2. The van der Waals surface area contributed by atoms with E-state index in [1.165, 1.54) is 6.20 Å². The number of morpholine rings is 1. The molecule has 0 aromatic heterocycles. The number of ether oxygens (including phenoxy) is 1. The van der Waals surface area contributed by atoms with Crippen LogP contribution >= 0.6 is 0 Å². The van der Waals surface area contributed by atoms with Crippen molar-refractivity contribution in [3.8, 4) is 16.9 Å². The molecule has 3 N–H and O–H groups in total. The summed E-state index contributed by atoms with van der Waals surface area (Å²) in [7, 11) is 0. The van der Waals surface area contributed by atoms with Crippen molar-refractivity contribution in [3.05, 3.63) is 86.6 Å². The van der Waals surface area contributed by atoms with E-state index in [4.69, 9.17) is 9.73 Å². The SMILES string of the molecule is C=C.C=CN=C(/N=C(\CF)N1CCOCC1)N/N=C/C(/C=C\CNc1cccc(-c2cccc(O)c2)c1)=NCC(C)CC. The third-order valence-corrected chi connectivity index (χ3v) is 6.34. The molecule has 0 amide bonds. The number of phenolic OH excluding ortho intramolecular Hbond substituents is 1. The number of guanidine groups is 1. The number of anilines is 1. The van der Waals surface area contributed by atoms with E-state index in [2.05, 4.69) is 59.4 Å². The van der Waals surface area contributed by atoms with Crippen LogP contribution in [-0.2, 0) is 4.74 Å². The second kappa shape index (κ2) is 20.3. The van der Waals surface area contributed by atoms with Gasteiger partial charge in [-0.15, -0.1) is 13.2 Å². The molecule has 10 heteroatoms. The highest BCUT2D eigenvalue weighted by Gasteiger charge is 2.15. The maximum absolute atomic E-state index is 13.7. The molecule has 1 atom stereocenters. The number of amidine groups is 1. The number of benzene rings is 2. The third-order valence-electron chi connectivity index (χ3n) is 6.34. The van der Waals surface area contributed by atoms with Gasteiger partial charge < -0.3 is 20.1 Å². The lowest BCUT2D eigenvalue weighted by Crippen LogP contribution is -2.42. The molecule has 2 aromatic carbocycles. The molecular formula is C33H44FN7O2. The first-order valence-electron chi connectivity index (χ1n) is 14.3. The second-order valence-corrected chi connectivity index (χ2v) is 9.46. The Kier molecular flexibility index (Phi) is 16.4. The summed E-state index contributed by atoms with van der Waals surface area (Å²) in [5.74, 6) is 1.07. The molecule has 1 aliphatic heterocycles. The Labute approximate surface area is 255 Å². The molecule has 0 aliphatic carbocycles. The van der Waals surface area contributed by atoms with Gasteiger partial charge in [-0.2, -0.15) is 10.1 Å². The summed E-state index contributed by atoms with van der Waals surface area (Å²) in [4.78, 5) is 15.0. The van der Waals surface area contributed by atoms with E-state index in [0.29, 0.717) is 51.0 Å². The van der Waals surface area contributed by atoms with Crippen molar-refractivity contribution in [1.82, 2.24) is 10.3 Å². The van der Waals surface area contributed by atoms with Gasteiger partial charge in [-0.25, -0.2) is 14.8 Å². The molecule has 2 aromatic rings.